The van der Waals surface area contributed by atoms with E-state index in [1.807, 2.05) is 24.3 Å². The number of Topliss-reactive ketones (excluding diaryl/α,β-unsaturated/α-hetero) is 1. The number of H-pyrrole nitrogens is 1. The molecule has 0 radical (unpaired) electrons. The SMILES string of the molecule is COCCNC(=O)c1ccc2c(=O)n(CCC(C)C)c(SCC(=O)c3c[nH]c4ccccc34)nc2c1. The molecule has 0 aliphatic rings. The van der Waals surface area contributed by atoms with Crippen LogP contribution in [0.5, 0.6) is 0 Å². The summed E-state index contributed by atoms with van der Waals surface area (Å²) in [5, 5.41) is 4.57. The Labute approximate surface area is 213 Å². The van der Waals surface area contributed by atoms with Gasteiger partial charge in [-0.1, -0.05) is 43.8 Å². The summed E-state index contributed by atoms with van der Waals surface area (Å²) >= 11 is 1.25. The summed E-state index contributed by atoms with van der Waals surface area (Å²) in [6.07, 6.45) is 2.53. The van der Waals surface area contributed by atoms with E-state index < -0.39 is 0 Å². The zero-order valence-corrected chi connectivity index (χ0v) is 21.5. The minimum absolute atomic E-state index is 0.0477. The summed E-state index contributed by atoms with van der Waals surface area (Å²) in [6, 6.07) is 12.6. The molecule has 4 aromatic rings. The van der Waals surface area contributed by atoms with Gasteiger partial charge in [0.2, 0.25) is 0 Å². The molecule has 2 heterocycles. The number of benzene rings is 2. The van der Waals surface area contributed by atoms with Crippen molar-refractivity contribution < 1.29 is 14.3 Å². The molecule has 0 aliphatic heterocycles. The molecule has 8 nitrogen and oxygen atoms in total. The Morgan fingerprint density at radius 2 is 1.97 bits per heavy atom. The predicted octanol–water partition coefficient (Wildman–Crippen LogP) is 4.28. The van der Waals surface area contributed by atoms with Crippen LogP contribution >= 0.6 is 11.8 Å². The number of nitrogens with one attached hydrogen (secondary N) is 2. The molecule has 0 bridgehead atoms. The van der Waals surface area contributed by atoms with Gasteiger partial charge in [0.05, 0.1) is 23.3 Å². The van der Waals surface area contributed by atoms with Gasteiger partial charge in [-0.25, -0.2) is 4.98 Å². The van der Waals surface area contributed by atoms with Crippen LogP contribution in [0.15, 0.2) is 58.6 Å². The summed E-state index contributed by atoms with van der Waals surface area (Å²) in [5.74, 6) is 0.229. The molecule has 188 valence electrons. The van der Waals surface area contributed by atoms with Gasteiger partial charge in [-0.15, -0.1) is 0 Å². The highest BCUT2D eigenvalue weighted by Gasteiger charge is 2.17. The van der Waals surface area contributed by atoms with Crippen LogP contribution in [0.1, 0.15) is 41.0 Å². The van der Waals surface area contributed by atoms with Gasteiger partial charge in [-0.2, -0.15) is 0 Å². The second-order valence-corrected chi connectivity index (χ2v) is 9.92. The first kappa shape index (κ1) is 25.7. The highest BCUT2D eigenvalue weighted by molar-refractivity contribution is 7.99. The summed E-state index contributed by atoms with van der Waals surface area (Å²) in [6.45, 7) is 5.49. The maximum Gasteiger partial charge on any atom is 0.262 e. The Morgan fingerprint density at radius 1 is 1.17 bits per heavy atom. The Morgan fingerprint density at radius 3 is 2.75 bits per heavy atom. The Bertz CT molecular complexity index is 1460. The van der Waals surface area contributed by atoms with Crippen LogP contribution in [0, 0.1) is 5.92 Å². The van der Waals surface area contributed by atoms with Crippen molar-refractivity contribution in [2.24, 2.45) is 5.92 Å². The van der Waals surface area contributed by atoms with Crippen LogP contribution in [-0.4, -0.2) is 52.2 Å². The van der Waals surface area contributed by atoms with Crippen LogP contribution in [0.2, 0.25) is 0 Å². The summed E-state index contributed by atoms with van der Waals surface area (Å²) < 4.78 is 6.62. The number of hydrogen-bond acceptors (Lipinski definition) is 6. The first-order valence-corrected chi connectivity index (χ1v) is 12.9. The highest BCUT2D eigenvalue weighted by atomic mass is 32.2. The second kappa shape index (κ2) is 11.5. The van der Waals surface area contributed by atoms with E-state index in [9.17, 15) is 14.4 Å². The number of carbonyl (C=O) groups is 2. The van der Waals surface area contributed by atoms with E-state index in [0.717, 1.165) is 17.3 Å². The Kier molecular flexibility index (Phi) is 8.22. The van der Waals surface area contributed by atoms with Crippen molar-refractivity contribution in [3.05, 3.63) is 70.1 Å². The summed E-state index contributed by atoms with van der Waals surface area (Å²) in [7, 11) is 1.57. The van der Waals surface area contributed by atoms with Crippen molar-refractivity contribution in [1.29, 1.82) is 0 Å². The average Bonchev–Trinajstić information content (AvgIpc) is 3.31. The fourth-order valence-corrected chi connectivity index (χ4v) is 4.82. The lowest BCUT2D eigenvalue weighted by molar-refractivity contribution is 0.0936. The zero-order chi connectivity index (χ0) is 25.7. The van der Waals surface area contributed by atoms with Gasteiger partial charge in [-0.05, 0) is 36.6 Å². The summed E-state index contributed by atoms with van der Waals surface area (Å²) in [4.78, 5) is 46.8. The van der Waals surface area contributed by atoms with E-state index in [4.69, 9.17) is 9.72 Å². The first-order valence-electron chi connectivity index (χ1n) is 11.9. The van der Waals surface area contributed by atoms with E-state index >= 15 is 0 Å². The molecule has 4 rings (SSSR count). The first-order chi connectivity index (χ1) is 17.4. The molecule has 36 heavy (non-hydrogen) atoms. The predicted molar refractivity (Wildman–Crippen MR) is 143 cm³/mol. The van der Waals surface area contributed by atoms with Crippen molar-refractivity contribution in [1.82, 2.24) is 19.9 Å². The number of nitrogens with zero attached hydrogens (tertiary/aromatic N) is 2. The Hall–Kier alpha value is -3.43. The number of methoxy groups -OCH3 is 1. The van der Waals surface area contributed by atoms with Crippen molar-refractivity contribution in [3.8, 4) is 0 Å². The van der Waals surface area contributed by atoms with Gasteiger partial charge in [0.25, 0.3) is 11.5 Å². The molecule has 2 aromatic heterocycles. The molecule has 0 atom stereocenters. The fraction of sp³-hybridized carbons (Fsp3) is 0.333. The van der Waals surface area contributed by atoms with Crippen LogP contribution < -0.4 is 10.9 Å². The minimum Gasteiger partial charge on any atom is -0.383 e. The fourth-order valence-electron chi connectivity index (χ4n) is 3.92. The number of fused-ring (bicyclic) bond motifs is 2. The highest BCUT2D eigenvalue weighted by Crippen LogP contribution is 2.24. The van der Waals surface area contributed by atoms with E-state index in [0.29, 0.717) is 52.8 Å². The Balaban J connectivity index is 1.65. The van der Waals surface area contributed by atoms with Crippen LogP contribution in [-0.2, 0) is 11.3 Å². The van der Waals surface area contributed by atoms with E-state index in [1.54, 1.807) is 36.1 Å². The molecule has 0 unspecified atom stereocenters. The van der Waals surface area contributed by atoms with Crippen molar-refractivity contribution in [3.63, 3.8) is 0 Å². The quantitative estimate of drug-likeness (QED) is 0.136. The van der Waals surface area contributed by atoms with Crippen molar-refractivity contribution in [2.75, 3.05) is 26.0 Å². The molecular weight excluding hydrogens is 476 g/mol. The van der Waals surface area contributed by atoms with Crippen LogP contribution in [0.3, 0.4) is 0 Å². The lowest BCUT2D eigenvalue weighted by Crippen LogP contribution is -2.27. The van der Waals surface area contributed by atoms with Gasteiger partial charge < -0.3 is 15.0 Å². The molecule has 0 saturated heterocycles. The lowest BCUT2D eigenvalue weighted by atomic mass is 10.1. The molecule has 0 fully saturated rings. The second-order valence-electron chi connectivity index (χ2n) is 8.97. The average molecular weight is 507 g/mol. The smallest absolute Gasteiger partial charge is 0.262 e. The van der Waals surface area contributed by atoms with Gasteiger partial charge in [0.15, 0.2) is 10.9 Å². The van der Waals surface area contributed by atoms with Gasteiger partial charge >= 0.3 is 0 Å². The molecule has 2 aromatic carbocycles. The lowest BCUT2D eigenvalue weighted by Gasteiger charge is -2.14. The van der Waals surface area contributed by atoms with E-state index in [2.05, 4.69) is 24.1 Å². The van der Waals surface area contributed by atoms with Gasteiger partial charge in [0.1, 0.15) is 0 Å². The number of amides is 1. The molecule has 0 aliphatic carbocycles. The number of aromatic nitrogens is 3. The number of rotatable bonds is 11. The van der Waals surface area contributed by atoms with Crippen molar-refractivity contribution >= 4 is 45.3 Å². The third-order valence-corrected chi connectivity index (χ3v) is 6.90. The molecule has 2 N–H and O–H groups in total. The molecule has 0 saturated carbocycles. The van der Waals surface area contributed by atoms with Crippen LogP contribution in [0.4, 0.5) is 0 Å². The monoisotopic (exact) mass is 506 g/mol. The molecular formula is C27H30N4O4S. The van der Waals surface area contributed by atoms with E-state index in [1.165, 1.54) is 11.8 Å². The van der Waals surface area contributed by atoms with Gasteiger partial charge in [-0.3, -0.25) is 19.0 Å². The molecule has 1 amide bonds. The number of carbonyl (C=O) groups excluding carboxylic acids is 2. The topological polar surface area (TPSA) is 106 Å². The number of aromatic amines is 1. The molecule has 9 heteroatoms. The third-order valence-electron chi connectivity index (χ3n) is 5.93. The number of para-hydroxylation sites is 1. The molecule has 0 spiro atoms. The van der Waals surface area contributed by atoms with Gasteiger partial charge in [0, 0.05) is 48.4 Å². The third kappa shape index (κ3) is 5.68. The number of ether oxygens (including phenoxy) is 1. The maximum absolute atomic E-state index is 13.4. The maximum atomic E-state index is 13.4. The van der Waals surface area contributed by atoms with E-state index in [-0.39, 0.29) is 23.0 Å². The minimum atomic E-state index is -0.261. The standard InChI is InChI=1S/C27H30N4O4S/c1-17(2)10-12-31-26(34)20-9-8-18(25(33)28-11-13-35-3)14-23(20)30-27(31)36-16-24(32)21-15-29-22-7-5-4-6-19(21)22/h4-9,14-15,17,29H,10-13,16H2,1-3H3,(H,28,33). The largest absolute Gasteiger partial charge is 0.383 e. The number of hydrogen-bond donors (Lipinski definition) is 2. The summed E-state index contributed by atoms with van der Waals surface area (Å²) in [5.41, 5.74) is 2.19. The van der Waals surface area contributed by atoms with Crippen LogP contribution in [0.25, 0.3) is 21.8 Å². The zero-order valence-electron chi connectivity index (χ0n) is 20.7. The van der Waals surface area contributed by atoms with Crippen molar-refractivity contribution in [2.45, 2.75) is 32.0 Å². The normalized spacial score (nSPS) is 11.4. The number of thioether (sulfide) groups is 1. The number of ketones is 1.